The first-order valence-corrected chi connectivity index (χ1v) is 1.96. The molecule has 1 unspecified atom stereocenters. The van der Waals surface area contributed by atoms with E-state index >= 15 is 0 Å². The lowest BCUT2D eigenvalue weighted by atomic mass is 10.7. The number of hydrogen-bond donors (Lipinski definition) is 0. The van der Waals surface area contributed by atoms with Gasteiger partial charge < -0.3 is 0 Å². The van der Waals surface area contributed by atoms with E-state index in [4.69, 9.17) is 11.9 Å². The molecule has 40 valence electrons. The van der Waals surface area contributed by atoms with Gasteiger partial charge in [-0.1, -0.05) is 0 Å². The average Bonchev–Trinajstić information content (AvgIpc) is 1.68. The molecule has 0 saturated heterocycles. The van der Waals surface area contributed by atoms with E-state index < -0.39 is 6.23 Å². The highest BCUT2D eigenvalue weighted by atomic mass is 35.5. The summed E-state index contributed by atoms with van der Waals surface area (Å²) in [5.74, 6) is 0. The van der Waals surface area contributed by atoms with Crippen LogP contribution in [0.4, 0.5) is 0 Å². The molecule has 0 spiro atoms. The molecule has 0 saturated carbocycles. The molecule has 7 heavy (non-hydrogen) atoms. The van der Waals surface area contributed by atoms with Gasteiger partial charge in [0, 0.05) is 0 Å². The van der Waals surface area contributed by atoms with E-state index in [-0.39, 0.29) is 0 Å². The van der Waals surface area contributed by atoms with E-state index in [1.807, 2.05) is 0 Å². The van der Waals surface area contributed by atoms with Crippen LogP contribution in [0.1, 0.15) is 6.92 Å². The van der Waals surface area contributed by atoms with Crippen LogP contribution >= 0.6 is 11.9 Å². The summed E-state index contributed by atoms with van der Waals surface area (Å²) in [5, 5.41) is 0. The highest BCUT2D eigenvalue weighted by Crippen LogP contribution is 1.91. The van der Waals surface area contributed by atoms with E-state index in [2.05, 4.69) is 9.28 Å². The Morgan fingerprint density at radius 2 is 2.57 bits per heavy atom. The smallest absolute Gasteiger partial charge is 0.237 e. The molecule has 3 nitrogen and oxygen atoms in total. The van der Waals surface area contributed by atoms with Crippen LogP contribution in [0.2, 0.25) is 0 Å². The molecule has 0 aromatic rings. The minimum absolute atomic E-state index is 0.584. The summed E-state index contributed by atoms with van der Waals surface area (Å²) < 4.78 is 4.03. The number of carbonyl (C=O) groups excluding carboxylic acids is 1. The molecule has 0 rings (SSSR count). The molecule has 0 aliphatic rings. The lowest BCUT2D eigenvalue weighted by Crippen LogP contribution is -1.93. The van der Waals surface area contributed by atoms with Crippen LogP contribution in [-0.2, 0) is 9.08 Å². The average molecular weight is 122 g/mol. The zero-order valence-electron chi connectivity index (χ0n) is 3.72. The van der Waals surface area contributed by atoms with Crippen molar-refractivity contribution in [3.05, 3.63) is 0 Å². The van der Waals surface area contributed by atoms with Crippen LogP contribution in [0, 0.1) is 0 Å². The molecule has 0 N–H and O–H groups in total. The first-order chi connectivity index (χ1) is 3.31. The summed E-state index contributed by atoms with van der Waals surface area (Å²) in [6.07, 6.45) is 0.700. The molecule has 0 heterocycles. The summed E-state index contributed by atoms with van der Waals surface area (Å²) in [6.45, 7) is 1.53. The summed E-state index contributed by atoms with van der Waals surface area (Å²) in [4.78, 5) is 12.4. The monoisotopic (exact) mass is 121 g/mol. The SMILES string of the molecule is CC(N=C=O)OCl. The van der Waals surface area contributed by atoms with E-state index in [1.54, 1.807) is 0 Å². The molecule has 0 aliphatic carbocycles. The van der Waals surface area contributed by atoms with Crippen molar-refractivity contribution in [1.29, 1.82) is 0 Å². The van der Waals surface area contributed by atoms with Gasteiger partial charge in [-0.3, -0.25) is 4.29 Å². The summed E-state index contributed by atoms with van der Waals surface area (Å²) in [7, 11) is 0. The van der Waals surface area contributed by atoms with Crippen molar-refractivity contribution in [2.45, 2.75) is 13.2 Å². The van der Waals surface area contributed by atoms with Gasteiger partial charge in [0.15, 0.2) is 6.23 Å². The Kier molecular flexibility index (Phi) is 3.61. The van der Waals surface area contributed by atoms with Crippen LogP contribution in [0.5, 0.6) is 0 Å². The van der Waals surface area contributed by atoms with E-state index in [9.17, 15) is 4.79 Å². The molecule has 0 bridgehead atoms. The molecular weight excluding hydrogens is 117 g/mol. The number of isocyanates is 1. The predicted molar refractivity (Wildman–Crippen MR) is 24.5 cm³/mol. The Labute approximate surface area is 46.1 Å². The Bertz CT molecular complexity index is 88.9. The standard InChI is InChI=1S/C3H4ClNO2/c1-3(7-4)5-2-6/h3H,1H3. The highest BCUT2D eigenvalue weighted by molar-refractivity contribution is 6.07. The zero-order valence-corrected chi connectivity index (χ0v) is 4.47. The van der Waals surface area contributed by atoms with Gasteiger partial charge in [0.05, 0.1) is 11.9 Å². The molecule has 0 fully saturated rings. The number of aliphatic imine (C=N–C) groups is 1. The van der Waals surface area contributed by atoms with Crippen LogP contribution in [0.3, 0.4) is 0 Å². The van der Waals surface area contributed by atoms with Crippen LogP contribution in [0.25, 0.3) is 0 Å². The fourth-order valence-electron chi connectivity index (χ4n) is 0.0941. The molecule has 0 aliphatic heterocycles. The Morgan fingerprint density at radius 3 is 2.71 bits per heavy atom. The topological polar surface area (TPSA) is 38.7 Å². The van der Waals surface area contributed by atoms with Crippen LogP contribution in [0.15, 0.2) is 4.99 Å². The Balaban J connectivity index is 3.35. The van der Waals surface area contributed by atoms with Gasteiger partial charge >= 0.3 is 0 Å². The number of nitrogens with zero attached hydrogens (tertiary/aromatic N) is 1. The Morgan fingerprint density at radius 1 is 2.00 bits per heavy atom. The lowest BCUT2D eigenvalue weighted by molar-refractivity contribution is 0.257. The first kappa shape index (κ1) is 6.63. The van der Waals surface area contributed by atoms with Gasteiger partial charge in [0.25, 0.3) is 0 Å². The van der Waals surface area contributed by atoms with Crippen molar-refractivity contribution >= 4 is 17.9 Å². The largest absolute Gasteiger partial charge is 0.252 e. The Hall–Kier alpha value is -0.370. The second kappa shape index (κ2) is 3.81. The summed E-state index contributed by atoms with van der Waals surface area (Å²) >= 11 is 4.76. The number of halogens is 1. The second-order valence-corrected chi connectivity index (χ2v) is 1.09. The molecular formula is C3H4ClNO2. The third-order valence-electron chi connectivity index (χ3n) is 0.363. The quantitative estimate of drug-likeness (QED) is 0.401. The van der Waals surface area contributed by atoms with Gasteiger partial charge in [-0.25, -0.2) is 4.79 Å². The lowest BCUT2D eigenvalue weighted by Gasteiger charge is -1.91. The van der Waals surface area contributed by atoms with Gasteiger partial charge in [-0.2, -0.15) is 4.99 Å². The fraction of sp³-hybridized carbons (Fsp3) is 0.667. The van der Waals surface area contributed by atoms with Crippen molar-refractivity contribution in [1.82, 2.24) is 0 Å². The van der Waals surface area contributed by atoms with Gasteiger partial charge in [0.1, 0.15) is 0 Å². The molecule has 0 aromatic heterocycles. The molecule has 4 heteroatoms. The van der Waals surface area contributed by atoms with Crippen molar-refractivity contribution < 1.29 is 9.08 Å². The van der Waals surface area contributed by atoms with Crippen molar-refractivity contribution in [3.63, 3.8) is 0 Å². The number of hydrogen-bond acceptors (Lipinski definition) is 3. The minimum Gasteiger partial charge on any atom is -0.252 e. The highest BCUT2D eigenvalue weighted by Gasteiger charge is 1.90. The normalized spacial score (nSPS) is 12.3. The summed E-state index contributed by atoms with van der Waals surface area (Å²) in [5.41, 5.74) is 0. The maximum absolute atomic E-state index is 9.34. The zero-order chi connectivity index (χ0) is 5.70. The summed E-state index contributed by atoms with van der Waals surface area (Å²) in [6, 6.07) is 0. The van der Waals surface area contributed by atoms with E-state index in [0.717, 1.165) is 0 Å². The van der Waals surface area contributed by atoms with Crippen LogP contribution in [-0.4, -0.2) is 12.3 Å². The van der Waals surface area contributed by atoms with Crippen LogP contribution < -0.4 is 0 Å². The first-order valence-electron chi connectivity index (χ1n) is 1.65. The minimum atomic E-state index is -0.584. The van der Waals surface area contributed by atoms with E-state index in [0.29, 0.717) is 0 Å². The van der Waals surface area contributed by atoms with Crippen molar-refractivity contribution in [2.24, 2.45) is 4.99 Å². The molecule has 0 amide bonds. The molecule has 1 atom stereocenters. The van der Waals surface area contributed by atoms with E-state index in [1.165, 1.54) is 13.0 Å². The third kappa shape index (κ3) is 3.46. The van der Waals surface area contributed by atoms with Gasteiger partial charge in [-0.15, -0.1) is 0 Å². The second-order valence-electron chi connectivity index (χ2n) is 0.909. The van der Waals surface area contributed by atoms with Crippen molar-refractivity contribution in [2.75, 3.05) is 0 Å². The third-order valence-corrected chi connectivity index (χ3v) is 0.621. The maximum atomic E-state index is 9.34. The predicted octanol–water partition coefficient (Wildman–Crippen LogP) is 0.839. The maximum Gasteiger partial charge on any atom is 0.237 e. The molecule has 0 radical (unpaired) electrons. The number of rotatable bonds is 2. The van der Waals surface area contributed by atoms with Gasteiger partial charge in [0.2, 0.25) is 6.08 Å². The fourth-order valence-corrected chi connectivity index (χ4v) is 0.134. The molecule has 0 aromatic carbocycles. The van der Waals surface area contributed by atoms with Crippen molar-refractivity contribution in [3.8, 4) is 0 Å². The van der Waals surface area contributed by atoms with Gasteiger partial charge in [-0.05, 0) is 6.92 Å².